The Balaban J connectivity index is 1.25. The van der Waals surface area contributed by atoms with Gasteiger partial charge in [0.15, 0.2) is 12.4 Å². The summed E-state index contributed by atoms with van der Waals surface area (Å²) < 4.78 is 4.98. The predicted molar refractivity (Wildman–Crippen MR) is 121 cm³/mol. The number of carbonyl (C=O) groups is 5. The number of hydrogen-bond acceptors (Lipinski definition) is 6. The van der Waals surface area contributed by atoms with Gasteiger partial charge in [0.05, 0.1) is 18.3 Å². The fourth-order valence-corrected chi connectivity index (χ4v) is 6.94. The van der Waals surface area contributed by atoms with Crippen LogP contribution in [0.25, 0.3) is 0 Å². The van der Waals surface area contributed by atoms with Crippen molar-refractivity contribution in [2.45, 2.75) is 29.4 Å². The molecule has 8 nitrogen and oxygen atoms in total. The van der Waals surface area contributed by atoms with Gasteiger partial charge in [-0.15, -0.1) is 0 Å². The van der Waals surface area contributed by atoms with Crippen molar-refractivity contribution < 1.29 is 28.7 Å². The van der Waals surface area contributed by atoms with Crippen molar-refractivity contribution in [3.05, 3.63) is 29.8 Å². The monoisotopic (exact) mass is 568 g/mol. The highest BCUT2D eigenvalue weighted by atomic mass is 79.9. The number of hydrogen-bond donors (Lipinski definition) is 1. The molecule has 3 aliphatic rings. The average molecular weight is 570 g/mol. The molecule has 3 amide bonds. The van der Waals surface area contributed by atoms with E-state index in [0.717, 1.165) is 6.42 Å². The maximum Gasteiger partial charge on any atom is 0.308 e. The molecule has 2 bridgehead atoms. The third kappa shape index (κ3) is 4.14. The van der Waals surface area contributed by atoms with Gasteiger partial charge < -0.3 is 10.1 Å². The number of ketones is 1. The number of fused-ring (bicyclic) bond motifs is 5. The summed E-state index contributed by atoms with van der Waals surface area (Å²) in [7, 11) is 0. The number of esters is 1. The van der Waals surface area contributed by atoms with Gasteiger partial charge >= 0.3 is 5.97 Å². The number of nitrogens with one attached hydrogen (secondary N) is 1. The Kier molecular flexibility index (Phi) is 6.53. The number of nitrogens with zero attached hydrogens (tertiary/aromatic N) is 1. The number of likely N-dealkylation sites (tertiary alicyclic amines) is 1. The molecular formula is C22H22Br2N2O6. The van der Waals surface area contributed by atoms with Crippen molar-refractivity contribution in [2.24, 2.45) is 23.7 Å². The number of alkyl halides is 2. The number of benzene rings is 1. The minimum atomic E-state index is -0.671. The fourth-order valence-electron chi connectivity index (χ4n) is 5.07. The third-order valence-electron chi connectivity index (χ3n) is 6.54. The van der Waals surface area contributed by atoms with Crippen LogP contribution in [0.15, 0.2) is 24.3 Å². The number of ether oxygens (including phenoxy) is 1. The molecule has 0 spiro atoms. The summed E-state index contributed by atoms with van der Waals surface area (Å²) in [5, 5.41) is 2.56. The molecule has 0 aromatic heterocycles. The van der Waals surface area contributed by atoms with Crippen LogP contribution in [0.4, 0.5) is 5.69 Å². The number of halogens is 2. The van der Waals surface area contributed by atoms with Gasteiger partial charge in [0.2, 0.25) is 11.8 Å². The summed E-state index contributed by atoms with van der Waals surface area (Å²) in [4.78, 5) is 62.7. The van der Waals surface area contributed by atoms with Gasteiger partial charge in [-0.1, -0.05) is 44.0 Å². The molecule has 0 unspecified atom stereocenters. The summed E-state index contributed by atoms with van der Waals surface area (Å²) in [6.07, 6.45) is 0.674. The molecule has 0 radical (unpaired) electrons. The first kappa shape index (κ1) is 23.1. The number of Topliss-reactive ketones (excluding diaryl/α,β-unsaturated/α-hetero) is 1. The molecule has 1 heterocycles. The lowest BCUT2D eigenvalue weighted by Crippen LogP contribution is -2.37. The minimum absolute atomic E-state index is 0.0505. The molecule has 4 rings (SSSR count). The molecule has 2 aliphatic carbocycles. The molecule has 1 saturated heterocycles. The summed E-state index contributed by atoms with van der Waals surface area (Å²) in [5.74, 6) is -2.19. The van der Waals surface area contributed by atoms with E-state index in [2.05, 4.69) is 37.2 Å². The van der Waals surface area contributed by atoms with Crippen LogP contribution in [-0.2, 0) is 23.9 Å². The van der Waals surface area contributed by atoms with Crippen LogP contribution in [0.2, 0.25) is 0 Å². The lowest BCUT2D eigenvalue weighted by molar-refractivity contribution is -0.149. The molecular weight excluding hydrogens is 548 g/mol. The SMILES string of the molecule is CC(=O)c1cccc(NC(=O)COC(=O)CCN2C(=O)[C@@H]3[C@H]4C[C@@H]([C@@H](Br)[C@H]4Br)[C@H]3C2=O)c1. The second-order valence-corrected chi connectivity index (χ2v) is 10.5. The van der Waals surface area contributed by atoms with E-state index in [9.17, 15) is 24.0 Å². The van der Waals surface area contributed by atoms with Crippen LogP contribution in [0.3, 0.4) is 0 Å². The molecule has 1 aliphatic heterocycles. The first-order chi connectivity index (χ1) is 15.2. The molecule has 170 valence electrons. The smallest absolute Gasteiger partial charge is 0.308 e. The maximum atomic E-state index is 12.8. The van der Waals surface area contributed by atoms with Crippen LogP contribution in [0.5, 0.6) is 0 Å². The van der Waals surface area contributed by atoms with E-state index >= 15 is 0 Å². The van der Waals surface area contributed by atoms with E-state index in [-0.39, 0.29) is 63.9 Å². The van der Waals surface area contributed by atoms with Gasteiger partial charge in [0.1, 0.15) is 0 Å². The van der Waals surface area contributed by atoms with Crippen LogP contribution in [-0.4, -0.2) is 57.2 Å². The predicted octanol–water partition coefficient (Wildman–Crippen LogP) is 2.54. The van der Waals surface area contributed by atoms with E-state index in [4.69, 9.17) is 4.74 Å². The van der Waals surface area contributed by atoms with Gasteiger partial charge in [0, 0.05) is 27.4 Å². The minimum Gasteiger partial charge on any atom is -0.456 e. The highest BCUT2D eigenvalue weighted by Crippen LogP contribution is 2.60. The number of imide groups is 1. The summed E-state index contributed by atoms with van der Waals surface area (Å²) in [6.45, 7) is 0.870. The largest absolute Gasteiger partial charge is 0.456 e. The van der Waals surface area contributed by atoms with E-state index < -0.39 is 18.5 Å². The quantitative estimate of drug-likeness (QED) is 0.234. The lowest BCUT2D eigenvalue weighted by Gasteiger charge is -2.28. The molecule has 10 heteroatoms. The second-order valence-electron chi connectivity index (χ2n) is 8.43. The Morgan fingerprint density at radius 3 is 2.31 bits per heavy atom. The first-order valence-electron chi connectivity index (χ1n) is 10.4. The van der Waals surface area contributed by atoms with Crippen molar-refractivity contribution >= 4 is 67.0 Å². The molecule has 3 fully saturated rings. The topological polar surface area (TPSA) is 110 Å². The van der Waals surface area contributed by atoms with Crippen molar-refractivity contribution in [3.63, 3.8) is 0 Å². The van der Waals surface area contributed by atoms with Gasteiger partial charge in [-0.3, -0.25) is 28.9 Å². The highest BCUT2D eigenvalue weighted by molar-refractivity contribution is 9.12. The normalized spacial score (nSPS) is 30.4. The summed E-state index contributed by atoms with van der Waals surface area (Å²) >= 11 is 7.28. The van der Waals surface area contributed by atoms with Crippen molar-refractivity contribution in [1.82, 2.24) is 4.90 Å². The van der Waals surface area contributed by atoms with Gasteiger partial charge in [-0.25, -0.2) is 0 Å². The van der Waals surface area contributed by atoms with Gasteiger partial charge in [-0.2, -0.15) is 0 Å². The Hall–Kier alpha value is -2.07. The average Bonchev–Trinajstić information content (AvgIpc) is 3.36. The van der Waals surface area contributed by atoms with Crippen molar-refractivity contribution in [2.75, 3.05) is 18.5 Å². The van der Waals surface area contributed by atoms with Crippen LogP contribution < -0.4 is 5.32 Å². The molecule has 1 aromatic rings. The number of rotatable bonds is 7. The van der Waals surface area contributed by atoms with E-state index in [1.807, 2.05) is 0 Å². The van der Waals surface area contributed by atoms with Crippen LogP contribution in [0, 0.1) is 23.7 Å². The Morgan fingerprint density at radius 2 is 1.72 bits per heavy atom. The lowest BCUT2D eigenvalue weighted by atomic mass is 9.81. The molecule has 2 saturated carbocycles. The summed E-state index contributed by atoms with van der Waals surface area (Å²) in [6, 6.07) is 6.43. The zero-order valence-corrected chi connectivity index (χ0v) is 20.4. The van der Waals surface area contributed by atoms with Gasteiger partial charge in [0.25, 0.3) is 5.91 Å². The fraction of sp³-hybridized carbons (Fsp3) is 0.500. The number of anilines is 1. The van der Waals surface area contributed by atoms with E-state index in [1.165, 1.54) is 17.9 Å². The number of amides is 3. The Morgan fingerprint density at radius 1 is 1.09 bits per heavy atom. The second kappa shape index (κ2) is 9.05. The van der Waals surface area contributed by atoms with E-state index in [0.29, 0.717) is 11.3 Å². The third-order valence-corrected chi connectivity index (χ3v) is 9.74. The molecule has 6 atom stereocenters. The maximum absolute atomic E-state index is 12.8. The summed E-state index contributed by atoms with van der Waals surface area (Å²) in [5.41, 5.74) is 0.874. The standard InChI is InChI=1S/C22H22Br2N2O6/c1-10(27)11-3-2-4-12(7-11)25-15(28)9-32-16(29)5-6-26-21(30)17-13-8-14(18(17)22(26)31)20(24)19(13)23/h2-4,7,13-14,17-20H,5-6,8-9H2,1H3,(H,25,28)/t13-,14-,17-,18-,19-,20+/m1/s1. The molecule has 1 N–H and O–H groups in total. The van der Waals surface area contributed by atoms with Crippen molar-refractivity contribution in [1.29, 1.82) is 0 Å². The highest BCUT2D eigenvalue weighted by Gasteiger charge is 2.66. The van der Waals surface area contributed by atoms with Crippen molar-refractivity contribution in [3.8, 4) is 0 Å². The van der Waals surface area contributed by atoms with E-state index in [1.54, 1.807) is 18.2 Å². The van der Waals surface area contributed by atoms with Crippen LogP contribution in [0.1, 0.15) is 30.1 Å². The first-order valence-corrected chi connectivity index (χ1v) is 12.2. The molecule has 1 aromatic carbocycles. The number of carbonyl (C=O) groups excluding carboxylic acids is 5. The Labute approximate surface area is 201 Å². The zero-order valence-electron chi connectivity index (χ0n) is 17.3. The van der Waals surface area contributed by atoms with Crippen LogP contribution >= 0.6 is 31.9 Å². The molecule has 32 heavy (non-hydrogen) atoms. The van der Waals surface area contributed by atoms with Gasteiger partial charge in [-0.05, 0) is 37.3 Å². The Bertz CT molecular complexity index is 966. The zero-order chi connectivity index (χ0) is 23.2.